The molecule has 0 radical (unpaired) electrons. The minimum atomic E-state index is -4.36. The van der Waals surface area contributed by atoms with Crippen molar-refractivity contribution in [3.63, 3.8) is 0 Å². The van der Waals surface area contributed by atoms with Crippen molar-refractivity contribution in [2.24, 2.45) is 0 Å². The van der Waals surface area contributed by atoms with Crippen LogP contribution in [0.5, 0.6) is 0 Å². The van der Waals surface area contributed by atoms with Gasteiger partial charge in [-0.1, -0.05) is 24.3 Å². The largest absolute Gasteiger partial charge is 0.416 e. The summed E-state index contributed by atoms with van der Waals surface area (Å²) in [6.45, 7) is 0.605. The highest BCUT2D eigenvalue weighted by molar-refractivity contribution is 5.73. The number of nitrogens with zero attached hydrogens (tertiary/aromatic N) is 2. The summed E-state index contributed by atoms with van der Waals surface area (Å²) in [4.78, 5) is 15.7. The van der Waals surface area contributed by atoms with Crippen LogP contribution in [0.15, 0.2) is 48.5 Å². The molecule has 2 rings (SSSR count). The molecule has 0 aromatic heterocycles. The number of hydrogen-bond acceptors (Lipinski definition) is 2. The standard InChI is InChI=1S/C19H22F3N3O/c1-24(2)17-10-6-15(7-11-17)13-25(3)18(26)23-12-14-4-8-16(9-5-14)19(20,21)22/h4-11H,12-13H2,1-3H3,(H,23,26). The second-order valence-corrected chi connectivity index (χ2v) is 6.27. The Morgan fingerprint density at radius 2 is 1.46 bits per heavy atom. The second-order valence-electron chi connectivity index (χ2n) is 6.27. The molecule has 0 unspecified atom stereocenters. The number of urea groups is 1. The van der Waals surface area contributed by atoms with Gasteiger partial charge in [0.05, 0.1) is 5.56 Å². The molecule has 2 aromatic rings. The van der Waals surface area contributed by atoms with E-state index in [2.05, 4.69) is 5.32 Å². The van der Waals surface area contributed by atoms with E-state index in [0.717, 1.165) is 23.4 Å². The van der Waals surface area contributed by atoms with Crippen molar-refractivity contribution in [3.8, 4) is 0 Å². The van der Waals surface area contributed by atoms with E-state index in [4.69, 9.17) is 0 Å². The van der Waals surface area contributed by atoms with Gasteiger partial charge in [-0.2, -0.15) is 13.2 Å². The molecule has 0 saturated carbocycles. The van der Waals surface area contributed by atoms with Crippen LogP contribution >= 0.6 is 0 Å². The minimum absolute atomic E-state index is 0.168. The number of amides is 2. The predicted octanol–water partition coefficient (Wildman–Crippen LogP) is 4.11. The Morgan fingerprint density at radius 1 is 0.923 bits per heavy atom. The fourth-order valence-corrected chi connectivity index (χ4v) is 2.37. The van der Waals surface area contributed by atoms with E-state index in [-0.39, 0.29) is 12.6 Å². The van der Waals surface area contributed by atoms with Gasteiger partial charge in [0.25, 0.3) is 0 Å². The Labute approximate surface area is 151 Å². The maximum absolute atomic E-state index is 12.5. The number of anilines is 1. The lowest BCUT2D eigenvalue weighted by atomic mass is 10.1. The number of halogens is 3. The number of benzene rings is 2. The molecule has 140 valence electrons. The third-order valence-electron chi connectivity index (χ3n) is 3.94. The van der Waals surface area contributed by atoms with E-state index < -0.39 is 11.7 Å². The van der Waals surface area contributed by atoms with Crippen LogP contribution in [0.2, 0.25) is 0 Å². The molecule has 0 aliphatic carbocycles. The van der Waals surface area contributed by atoms with Gasteiger partial charge < -0.3 is 15.1 Å². The lowest BCUT2D eigenvalue weighted by Crippen LogP contribution is -2.36. The molecule has 0 aliphatic rings. The minimum Gasteiger partial charge on any atom is -0.378 e. The third kappa shape index (κ3) is 5.40. The highest BCUT2D eigenvalue weighted by atomic mass is 19.4. The van der Waals surface area contributed by atoms with Crippen molar-refractivity contribution in [2.45, 2.75) is 19.3 Å². The van der Waals surface area contributed by atoms with Gasteiger partial charge in [-0.3, -0.25) is 0 Å². The van der Waals surface area contributed by atoms with Crippen molar-refractivity contribution in [2.75, 3.05) is 26.0 Å². The van der Waals surface area contributed by atoms with Crippen LogP contribution in [0.4, 0.5) is 23.7 Å². The zero-order chi connectivity index (χ0) is 19.3. The Hall–Kier alpha value is -2.70. The topological polar surface area (TPSA) is 35.6 Å². The molecule has 4 nitrogen and oxygen atoms in total. The van der Waals surface area contributed by atoms with E-state index >= 15 is 0 Å². The van der Waals surface area contributed by atoms with Gasteiger partial charge in [0.2, 0.25) is 0 Å². The summed E-state index contributed by atoms with van der Waals surface area (Å²) in [7, 11) is 5.58. The molecular weight excluding hydrogens is 343 g/mol. The molecule has 2 aromatic carbocycles. The Morgan fingerprint density at radius 3 is 1.96 bits per heavy atom. The molecule has 0 aliphatic heterocycles. The van der Waals surface area contributed by atoms with Gasteiger partial charge >= 0.3 is 12.2 Å². The molecule has 0 spiro atoms. The van der Waals surface area contributed by atoms with Crippen molar-refractivity contribution >= 4 is 11.7 Å². The maximum Gasteiger partial charge on any atom is 0.416 e. The quantitative estimate of drug-likeness (QED) is 0.865. The first-order valence-corrected chi connectivity index (χ1v) is 8.08. The smallest absolute Gasteiger partial charge is 0.378 e. The number of rotatable bonds is 5. The van der Waals surface area contributed by atoms with Crippen molar-refractivity contribution in [1.82, 2.24) is 10.2 Å². The molecule has 0 fully saturated rings. The van der Waals surface area contributed by atoms with E-state index in [9.17, 15) is 18.0 Å². The van der Waals surface area contributed by atoms with Gasteiger partial charge in [0.1, 0.15) is 0 Å². The average molecular weight is 365 g/mol. The summed E-state index contributed by atoms with van der Waals surface area (Å²) in [5, 5.41) is 2.70. The molecular formula is C19H22F3N3O. The lowest BCUT2D eigenvalue weighted by Gasteiger charge is -2.19. The predicted molar refractivity (Wildman–Crippen MR) is 95.9 cm³/mol. The van der Waals surface area contributed by atoms with Crippen LogP contribution in [-0.4, -0.2) is 32.1 Å². The first-order chi connectivity index (χ1) is 12.2. The molecule has 1 N–H and O–H groups in total. The fourth-order valence-electron chi connectivity index (χ4n) is 2.37. The van der Waals surface area contributed by atoms with Crippen LogP contribution < -0.4 is 10.2 Å². The molecule has 7 heteroatoms. The van der Waals surface area contributed by atoms with Crippen molar-refractivity contribution in [1.29, 1.82) is 0 Å². The summed E-state index contributed by atoms with van der Waals surface area (Å²) in [5.74, 6) is 0. The Kier molecular flexibility index (Phi) is 6.13. The summed E-state index contributed by atoms with van der Waals surface area (Å²) >= 11 is 0. The van der Waals surface area contributed by atoms with Gasteiger partial charge in [0.15, 0.2) is 0 Å². The van der Waals surface area contributed by atoms with Crippen LogP contribution in [0.3, 0.4) is 0 Å². The van der Waals surface area contributed by atoms with Crippen LogP contribution in [0.1, 0.15) is 16.7 Å². The zero-order valence-electron chi connectivity index (χ0n) is 15.0. The molecule has 0 bridgehead atoms. The summed E-state index contributed by atoms with van der Waals surface area (Å²) < 4.78 is 37.6. The number of carbonyl (C=O) groups excluding carboxylic acids is 1. The molecule has 26 heavy (non-hydrogen) atoms. The van der Waals surface area contributed by atoms with Crippen molar-refractivity contribution < 1.29 is 18.0 Å². The number of alkyl halides is 3. The molecule has 0 atom stereocenters. The van der Waals surface area contributed by atoms with E-state index in [1.807, 2.05) is 43.3 Å². The van der Waals surface area contributed by atoms with E-state index in [1.54, 1.807) is 7.05 Å². The van der Waals surface area contributed by atoms with E-state index in [0.29, 0.717) is 12.1 Å². The molecule has 0 saturated heterocycles. The van der Waals surface area contributed by atoms with Crippen molar-refractivity contribution in [3.05, 3.63) is 65.2 Å². The van der Waals surface area contributed by atoms with Gasteiger partial charge in [0, 0.05) is 39.9 Å². The van der Waals surface area contributed by atoms with Gasteiger partial charge in [-0.25, -0.2) is 4.79 Å². The number of carbonyl (C=O) groups is 1. The highest BCUT2D eigenvalue weighted by Gasteiger charge is 2.29. The first kappa shape index (κ1) is 19.6. The van der Waals surface area contributed by atoms with Gasteiger partial charge in [-0.15, -0.1) is 0 Å². The van der Waals surface area contributed by atoms with E-state index in [1.165, 1.54) is 17.0 Å². The zero-order valence-corrected chi connectivity index (χ0v) is 15.0. The maximum atomic E-state index is 12.5. The molecule has 2 amide bonds. The normalized spacial score (nSPS) is 11.2. The fraction of sp³-hybridized carbons (Fsp3) is 0.316. The van der Waals surface area contributed by atoms with Crippen LogP contribution in [0, 0.1) is 0 Å². The summed E-state index contributed by atoms with van der Waals surface area (Å²) in [6, 6.07) is 12.3. The number of nitrogens with one attached hydrogen (secondary N) is 1. The van der Waals surface area contributed by atoms with Gasteiger partial charge in [-0.05, 0) is 35.4 Å². The Balaban J connectivity index is 1.87. The molecule has 0 heterocycles. The first-order valence-electron chi connectivity index (χ1n) is 8.08. The SMILES string of the molecule is CN(Cc1ccc(N(C)C)cc1)C(=O)NCc1ccc(C(F)(F)F)cc1. The Bertz CT molecular complexity index is 725. The average Bonchev–Trinajstić information content (AvgIpc) is 2.59. The highest BCUT2D eigenvalue weighted by Crippen LogP contribution is 2.29. The third-order valence-corrected chi connectivity index (χ3v) is 3.94. The monoisotopic (exact) mass is 365 g/mol. The number of hydrogen-bond donors (Lipinski definition) is 1. The summed E-state index contributed by atoms with van der Waals surface area (Å²) in [5.41, 5.74) is 1.96. The summed E-state index contributed by atoms with van der Waals surface area (Å²) in [6.07, 6.45) is -4.36. The van der Waals surface area contributed by atoms with Crippen LogP contribution in [0.25, 0.3) is 0 Å². The second kappa shape index (κ2) is 8.12. The van der Waals surface area contributed by atoms with Crippen LogP contribution in [-0.2, 0) is 19.3 Å². The lowest BCUT2D eigenvalue weighted by molar-refractivity contribution is -0.137.